The molecule has 17 heavy (non-hydrogen) atoms. The van der Waals surface area contributed by atoms with Crippen LogP contribution in [-0.4, -0.2) is 35.9 Å². The van der Waals surface area contributed by atoms with Gasteiger partial charge in [0.15, 0.2) is 11.5 Å². The van der Waals surface area contributed by atoms with Crippen molar-refractivity contribution in [3.8, 4) is 17.2 Å². The van der Waals surface area contributed by atoms with E-state index in [1.54, 1.807) is 6.07 Å². The van der Waals surface area contributed by atoms with Gasteiger partial charge in [0.25, 0.3) is 0 Å². The smallest absolute Gasteiger partial charge is 0.312 e. The van der Waals surface area contributed by atoms with E-state index < -0.39 is 11.9 Å². The van der Waals surface area contributed by atoms with E-state index in [4.69, 9.17) is 20.3 Å². The lowest BCUT2D eigenvalue weighted by atomic mass is 9.96. The maximum Gasteiger partial charge on any atom is 0.312 e. The third kappa shape index (κ3) is 1.99. The van der Waals surface area contributed by atoms with Crippen LogP contribution in [0.2, 0.25) is 0 Å². The minimum absolute atomic E-state index is 0.122. The first kappa shape index (κ1) is 11.5. The van der Waals surface area contributed by atoms with Gasteiger partial charge in [-0.25, -0.2) is 0 Å². The number of hydrogen-bond acceptors (Lipinski definition) is 5. The van der Waals surface area contributed by atoms with E-state index in [9.17, 15) is 9.90 Å². The molecular weight excluding hydrogens is 226 g/mol. The van der Waals surface area contributed by atoms with Crippen molar-refractivity contribution in [3.63, 3.8) is 0 Å². The fourth-order valence-electron chi connectivity index (χ4n) is 1.81. The molecule has 0 aromatic heterocycles. The molecular formula is C11H13NO5. The number of phenolic OH excluding ortho intramolecular Hbond substituents is 1. The second-order valence-corrected chi connectivity index (χ2v) is 3.65. The number of carboxylic acid groups (broad SMARTS) is 1. The average molecular weight is 239 g/mol. The Hall–Kier alpha value is -1.95. The summed E-state index contributed by atoms with van der Waals surface area (Å²) in [6.07, 6.45) is 0. The number of carboxylic acids is 1. The summed E-state index contributed by atoms with van der Waals surface area (Å²) in [5.41, 5.74) is 5.60. The summed E-state index contributed by atoms with van der Waals surface area (Å²) in [5.74, 6) is -1.55. The van der Waals surface area contributed by atoms with Crippen LogP contribution in [-0.2, 0) is 4.79 Å². The minimum atomic E-state index is -1.11. The largest absolute Gasteiger partial charge is 0.507 e. The standard InChI is InChI=1S/C11H13NO5/c12-5-6(11(14)15)9-7(13)1-2-8-10(9)17-4-3-16-8/h1-2,6,13H,3-5,12H2,(H,14,15). The molecule has 0 aliphatic carbocycles. The van der Waals surface area contributed by atoms with E-state index in [1.807, 2.05) is 0 Å². The van der Waals surface area contributed by atoms with Crippen LogP contribution in [0, 0.1) is 0 Å². The number of aliphatic carboxylic acids is 1. The summed E-state index contributed by atoms with van der Waals surface area (Å²) in [5, 5.41) is 18.8. The monoisotopic (exact) mass is 239 g/mol. The third-order valence-corrected chi connectivity index (χ3v) is 2.61. The highest BCUT2D eigenvalue weighted by atomic mass is 16.6. The number of phenols is 1. The van der Waals surface area contributed by atoms with E-state index in [1.165, 1.54) is 6.07 Å². The molecule has 0 radical (unpaired) electrons. The first-order valence-corrected chi connectivity index (χ1v) is 5.19. The number of aromatic hydroxyl groups is 1. The van der Waals surface area contributed by atoms with E-state index in [0.29, 0.717) is 19.0 Å². The molecule has 0 bridgehead atoms. The molecule has 2 rings (SSSR count). The number of ether oxygens (including phenoxy) is 2. The Balaban J connectivity index is 2.54. The number of benzene rings is 1. The lowest BCUT2D eigenvalue weighted by Gasteiger charge is -2.23. The van der Waals surface area contributed by atoms with Crippen molar-refractivity contribution >= 4 is 5.97 Å². The predicted molar refractivity (Wildman–Crippen MR) is 58.5 cm³/mol. The molecule has 0 saturated carbocycles. The molecule has 1 aromatic rings. The van der Waals surface area contributed by atoms with Crippen LogP contribution in [0.1, 0.15) is 11.5 Å². The SMILES string of the molecule is NCC(C(=O)O)c1c(O)ccc2c1OCCO2. The quantitative estimate of drug-likeness (QED) is 0.700. The summed E-state index contributed by atoms with van der Waals surface area (Å²) < 4.78 is 10.7. The van der Waals surface area contributed by atoms with Gasteiger partial charge in [-0.2, -0.15) is 0 Å². The van der Waals surface area contributed by atoms with Crippen molar-refractivity contribution in [2.45, 2.75) is 5.92 Å². The summed E-state index contributed by atoms with van der Waals surface area (Å²) in [6.45, 7) is 0.598. The van der Waals surface area contributed by atoms with E-state index in [2.05, 4.69) is 0 Å². The zero-order valence-electron chi connectivity index (χ0n) is 9.05. The van der Waals surface area contributed by atoms with Crippen molar-refractivity contribution in [1.82, 2.24) is 0 Å². The summed E-state index contributed by atoms with van der Waals surface area (Å²) in [6, 6.07) is 2.93. The van der Waals surface area contributed by atoms with Crippen LogP contribution in [0.15, 0.2) is 12.1 Å². The van der Waals surface area contributed by atoms with Gasteiger partial charge >= 0.3 is 5.97 Å². The van der Waals surface area contributed by atoms with Crippen molar-refractivity contribution in [1.29, 1.82) is 0 Å². The van der Waals surface area contributed by atoms with Gasteiger partial charge in [-0.15, -0.1) is 0 Å². The number of rotatable bonds is 3. The van der Waals surface area contributed by atoms with E-state index in [0.717, 1.165) is 0 Å². The zero-order chi connectivity index (χ0) is 12.4. The van der Waals surface area contributed by atoms with Crippen molar-refractivity contribution in [2.75, 3.05) is 19.8 Å². The fourth-order valence-corrected chi connectivity index (χ4v) is 1.81. The second-order valence-electron chi connectivity index (χ2n) is 3.65. The molecule has 0 spiro atoms. The summed E-state index contributed by atoms with van der Waals surface area (Å²) in [7, 11) is 0. The molecule has 0 amide bonds. The van der Waals surface area contributed by atoms with Crippen LogP contribution < -0.4 is 15.2 Å². The van der Waals surface area contributed by atoms with E-state index in [-0.39, 0.29) is 23.6 Å². The summed E-state index contributed by atoms with van der Waals surface area (Å²) >= 11 is 0. The number of fused-ring (bicyclic) bond motifs is 1. The molecule has 0 fully saturated rings. The number of hydrogen-bond donors (Lipinski definition) is 3. The molecule has 92 valence electrons. The topological polar surface area (TPSA) is 102 Å². The van der Waals surface area contributed by atoms with Gasteiger partial charge < -0.3 is 25.4 Å². The van der Waals surface area contributed by atoms with Gasteiger partial charge in [-0.3, -0.25) is 4.79 Å². The molecule has 1 heterocycles. The van der Waals surface area contributed by atoms with Gasteiger partial charge in [0.2, 0.25) is 0 Å². The molecule has 1 aliphatic heterocycles. The maximum absolute atomic E-state index is 11.1. The highest BCUT2D eigenvalue weighted by molar-refractivity contribution is 5.79. The van der Waals surface area contributed by atoms with Crippen LogP contribution in [0.5, 0.6) is 17.2 Å². The molecule has 4 N–H and O–H groups in total. The van der Waals surface area contributed by atoms with Crippen LogP contribution >= 0.6 is 0 Å². The van der Waals surface area contributed by atoms with Gasteiger partial charge in [-0.1, -0.05) is 0 Å². The lowest BCUT2D eigenvalue weighted by molar-refractivity contribution is -0.138. The Bertz CT molecular complexity index is 446. The average Bonchev–Trinajstić information content (AvgIpc) is 2.32. The Morgan fingerprint density at radius 1 is 1.41 bits per heavy atom. The highest BCUT2D eigenvalue weighted by Crippen LogP contribution is 2.42. The molecule has 1 unspecified atom stereocenters. The minimum Gasteiger partial charge on any atom is -0.507 e. The number of nitrogens with two attached hydrogens (primary N) is 1. The van der Waals surface area contributed by atoms with Gasteiger partial charge in [0, 0.05) is 6.54 Å². The van der Waals surface area contributed by atoms with Crippen molar-refractivity contribution in [2.24, 2.45) is 5.73 Å². The fraction of sp³-hybridized carbons (Fsp3) is 0.364. The van der Waals surface area contributed by atoms with E-state index >= 15 is 0 Å². The first-order valence-electron chi connectivity index (χ1n) is 5.19. The van der Waals surface area contributed by atoms with Gasteiger partial charge in [0.1, 0.15) is 24.9 Å². The van der Waals surface area contributed by atoms with Crippen LogP contribution in [0.3, 0.4) is 0 Å². The lowest BCUT2D eigenvalue weighted by Crippen LogP contribution is -2.24. The second kappa shape index (κ2) is 4.50. The Kier molecular flexibility index (Phi) is 3.06. The normalized spacial score (nSPS) is 15.4. The highest BCUT2D eigenvalue weighted by Gasteiger charge is 2.29. The summed E-state index contributed by atoms with van der Waals surface area (Å²) in [4.78, 5) is 11.1. The van der Waals surface area contributed by atoms with Crippen molar-refractivity contribution < 1.29 is 24.5 Å². The van der Waals surface area contributed by atoms with Gasteiger partial charge in [0.05, 0.1) is 5.56 Å². The molecule has 6 nitrogen and oxygen atoms in total. The third-order valence-electron chi connectivity index (χ3n) is 2.61. The Morgan fingerprint density at radius 2 is 2.12 bits per heavy atom. The molecule has 0 saturated heterocycles. The zero-order valence-corrected chi connectivity index (χ0v) is 9.05. The Morgan fingerprint density at radius 3 is 2.76 bits per heavy atom. The van der Waals surface area contributed by atoms with Crippen molar-refractivity contribution in [3.05, 3.63) is 17.7 Å². The molecule has 1 atom stereocenters. The molecule has 1 aromatic carbocycles. The van der Waals surface area contributed by atoms with Crippen LogP contribution in [0.4, 0.5) is 0 Å². The van der Waals surface area contributed by atoms with Crippen LogP contribution in [0.25, 0.3) is 0 Å². The maximum atomic E-state index is 11.1. The predicted octanol–water partition coefficient (Wildman–Crippen LogP) is 0.290. The first-order chi connectivity index (χ1) is 8.15. The van der Waals surface area contributed by atoms with Gasteiger partial charge in [-0.05, 0) is 12.1 Å². The molecule has 1 aliphatic rings. The number of carbonyl (C=O) groups is 1. The Labute approximate surface area is 97.6 Å². The molecule has 6 heteroatoms.